The van der Waals surface area contributed by atoms with Crippen molar-refractivity contribution < 1.29 is 14.6 Å². The molecule has 0 spiro atoms. The summed E-state index contributed by atoms with van der Waals surface area (Å²) in [6, 6.07) is 16.8. The van der Waals surface area contributed by atoms with Crippen molar-refractivity contribution in [3.8, 4) is 17.1 Å². The van der Waals surface area contributed by atoms with Crippen molar-refractivity contribution in [1.29, 1.82) is 0 Å². The molecule has 0 aliphatic rings. The molecule has 3 aromatic rings. The highest BCUT2D eigenvalue weighted by Gasteiger charge is 2.13. The van der Waals surface area contributed by atoms with Crippen molar-refractivity contribution in [1.82, 2.24) is 15.3 Å². The van der Waals surface area contributed by atoms with Gasteiger partial charge in [0, 0.05) is 24.5 Å². The molecule has 6 nitrogen and oxygen atoms in total. The number of amides is 1. The third-order valence-electron chi connectivity index (χ3n) is 4.02. The number of hydrogen-bond donors (Lipinski definition) is 2. The highest BCUT2D eigenvalue weighted by atomic mass is 16.5. The van der Waals surface area contributed by atoms with Gasteiger partial charge in [0.1, 0.15) is 5.75 Å². The van der Waals surface area contributed by atoms with Gasteiger partial charge >= 0.3 is 0 Å². The van der Waals surface area contributed by atoms with E-state index in [-0.39, 0.29) is 18.6 Å². The van der Waals surface area contributed by atoms with E-state index < -0.39 is 6.10 Å². The zero-order valence-electron chi connectivity index (χ0n) is 15.9. The summed E-state index contributed by atoms with van der Waals surface area (Å²) >= 11 is 0. The van der Waals surface area contributed by atoms with E-state index in [4.69, 9.17) is 4.74 Å². The molecule has 0 bridgehead atoms. The maximum Gasteiger partial charge on any atom is 0.254 e. The Balaban J connectivity index is 1.59. The minimum Gasteiger partial charge on any atom is -0.491 e. The number of aliphatic hydroxyl groups is 1. The molecule has 0 radical (unpaired) electrons. The van der Waals surface area contributed by atoms with Gasteiger partial charge in [0.25, 0.3) is 5.91 Å². The normalized spacial score (nSPS) is 11.9. The highest BCUT2D eigenvalue weighted by Crippen LogP contribution is 2.20. The number of carbonyl (C=O) groups excluding carboxylic acids is 1. The first-order valence-electron chi connectivity index (χ1n) is 9.13. The van der Waals surface area contributed by atoms with Crippen LogP contribution in [-0.2, 0) is 0 Å². The summed E-state index contributed by atoms with van der Waals surface area (Å²) < 4.78 is 5.63. The van der Waals surface area contributed by atoms with Gasteiger partial charge in [-0.2, -0.15) is 0 Å². The van der Waals surface area contributed by atoms with Gasteiger partial charge in [-0.25, -0.2) is 9.97 Å². The van der Waals surface area contributed by atoms with Gasteiger partial charge in [0.15, 0.2) is 5.82 Å². The lowest BCUT2D eigenvalue weighted by molar-refractivity contribution is 0.0915. The first-order valence-corrected chi connectivity index (χ1v) is 9.13. The van der Waals surface area contributed by atoms with Crippen molar-refractivity contribution in [2.45, 2.75) is 26.1 Å². The summed E-state index contributed by atoms with van der Waals surface area (Å²) in [5, 5.41) is 13.1. The summed E-state index contributed by atoms with van der Waals surface area (Å²) in [6.07, 6.45) is 2.16. The van der Waals surface area contributed by atoms with Crippen molar-refractivity contribution in [2.24, 2.45) is 0 Å². The molecular weight excluding hydrogens is 354 g/mol. The Bertz CT molecular complexity index is 912. The monoisotopic (exact) mass is 377 g/mol. The van der Waals surface area contributed by atoms with E-state index >= 15 is 0 Å². The molecule has 0 saturated heterocycles. The molecule has 0 aliphatic heterocycles. The second-order valence-corrected chi connectivity index (χ2v) is 6.63. The Morgan fingerprint density at radius 1 is 1.07 bits per heavy atom. The summed E-state index contributed by atoms with van der Waals surface area (Å²) in [7, 11) is 0. The molecule has 1 atom stereocenters. The first-order chi connectivity index (χ1) is 13.5. The topological polar surface area (TPSA) is 84.3 Å². The summed E-state index contributed by atoms with van der Waals surface area (Å²) in [6.45, 7) is 3.95. The minimum atomic E-state index is -0.843. The Hall–Kier alpha value is -3.25. The van der Waals surface area contributed by atoms with Gasteiger partial charge in [-0.15, -0.1) is 0 Å². The maximum atomic E-state index is 12.3. The predicted octanol–water partition coefficient (Wildman–Crippen LogP) is 3.39. The molecule has 0 fully saturated rings. The number of ether oxygens (including phenoxy) is 1. The molecule has 1 amide bonds. The zero-order chi connectivity index (χ0) is 19.9. The van der Waals surface area contributed by atoms with E-state index in [0.29, 0.717) is 22.7 Å². The van der Waals surface area contributed by atoms with E-state index in [0.717, 1.165) is 5.56 Å². The SMILES string of the molecule is CC(C)Oc1cccc(C(O)CNC(=O)c2cnc(-c3ccccc3)nc2)c1. The molecule has 1 aromatic heterocycles. The molecular formula is C22H23N3O3. The lowest BCUT2D eigenvalue weighted by Gasteiger charge is -2.15. The van der Waals surface area contributed by atoms with Crippen LogP contribution in [0, 0.1) is 0 Å². The molecule has 144 valence electrons. The van der Waals surface area contributed by atoms with Gasteiger partial charge in [0.2, 0.25) is 0 Å². The van der Waals surface area contributed by atoms with E-state index in [1.165, 1.54) is 12.4 Å². The quantitative estimate of drug-likeness (QED) is 0.659. The van der Waals surface area contributed by atoms with Crippen LogP contribution in [0.1, 0.15) is 35.9 Å². The van der Waals surface area contributed by atoms with E-state index in [2.05, 4.69) is 15.3 Å². The Morgan fingerprint density at radius 2 is 1.79 bits per heavy atom. The molecule has 1 unspecified atom stereocenters. The lowest BCUT2D eigenvalue weighted by atomic mass is 10.1. The van der Waals surface area contributed by atoms with Crippen molar-refractivity contribution in [3.63, 3.8) is 0 Å². The van der Waals surface area contributed by atoms with Crippen LogP contribution in [0.2, 0.25) is 0 Å². The van der Waals surface area contributed by atoms with Gasteiger partial charge in [0.05, 0.1) is 17.8 Å². The van der Waals surface area contributed by atoms with E-state index in [1.54, 1.807) is 12.1 Å². The molecule has 2 aromatic carbocycles. The lowest BCUT2D eigenvalue weighted by Crippen LogP contribution is -2.28. The Kier molecular flexibility index (Phi) is 6.34. The highest BCUT2D eigenvalue weighted by molar-refractivity contribution is 5.93. The molecule has 1 heterocycles. The van der Waals surface area contributed by atoms with Crippen LogP contribution in [0.5, 0.6) is 5.75 Å². The van der Waals surface area contributed by atoms with Gasteiger partial charge < -0.3 is 15.2 Å². The van der Waals surface area contributed by atoms with Crippen LogP contribution in [0.25, 0.3) is 11.4 Å². The number of aliphatic hydroxyl groups excluding tert-OH is 1. The fourth-order valence-corrected chi connectivity index (χ4v) is 2.66. The van der Waals surface area contributed by atoms with Crippen LogP contribution >= 0.6 is 0 Å². The summed E-state index contributed by atoms with van der Waals surface area (Å²) in [5.41, 5.74) is 1.89. The number of benzene rings is 2. The third kappa shape index (κ3) is 5.14. The number of nitrogens with one attached hydrogen (secondary N) is 1. The number of hydrogen-bond acceptors (Lipinski definition) is 5. The number of nitrogens with zero attached hydrogens (tertiary/aromatic N) is 2. The van der Waals surface area contributed by atoms with E-state index in [1.807, 2.05) is 56.3 Å². The van der Waals surface area contributed by atoms with Crippen LogP contribution in [0.3, 0.4) is 0 Å². The fourth-order valence-electron chi connectivity index (χ4n) is 2.66. The minimum absolute atomic E-state index is 0.0472. The van der Waals surface area contributed by atoms with Gasteiger partial charge in [-0.05, 0) is 31.5 Å². The number of aromatic nitrogens is 2. The van der Waals surface area contributed by atoms with Crippen molar-refractivity contribution in [3.05, 3.63) is 78.1 Å². The van der Waals surface area contributed by atoms with E-state index in [9.17, 15) is 9.90 Å². The standard InChI is InChI=1S/C22H23N3O3/c1-15(2)28-19-10-6-9-17(11-19)20(26)14-25-22(27)18-12-23-21(24-13-18)16-7-4-3-5-8-16/h3-13,15,20,26H,14H2,1-2H3,(H,25,27). The predicted molar refractivity (Wildman–Crippen MR) is 107 cm³/mol. The molecule has 2 N–H and O–H groups in total. The van der Waals surface area contributed by atoms with Crippen LogP contribution in [-0.4, -0.2) is 33.6 Å². The number of carbonyl (C=O) groups is 1. The molecule has 0 saturated carbocycles. The van der Waals surface area contributed by atoms with Crippen LogP contribution < -0.4 is 10.1 Å². The average molecular weight is 377 g/mol. The third-order valence-corrected chi connectivity index (χ3v) is 4.02. The molecule has 3 rings (SSSR count). The maximum absolute atomic E-state index is 12.3. The summed E-state index contributed by atoms with van der Waals surface area (Å²) in [5.74, 6) is 0.898. The van der Waals surface area contributed by atoms with Gasteiger partial charge in [-0.3, -0.25) is 4.79 Å². The first kappa shape index (κ1) is 19.5. The molecule has 0 aliphatic carbocycles. The second kappa shape index (κ2) is 9.10. The van der Waals surface area contributed by atoms with Crippen molar-refractivity contribution in [2.75, 3.05) is 6.54 Å². The average Bonchev–Trinajstić information content (AvgIpc) is 2.72. The smallest absolute Gasteiger partial charge is 0.254 e. The zero-order valence-corrected chi connectivity index (χ0v) is 15.9. The molecule has 6 heteroatoms. The molecule has 28 heavy (non-hydrogen) atoms. The van der Waals surface area contributed by atoms with Crippen molar-refractivity contribution >= 4 is 5.91 Å². The number of rotatable bonds is 7. The largest absolute Gasteiger partial charge is 0.491 e. The fraction of sp³-hybridized carbons (Fsp3) is 0.227. The van der Waals surface area contributed by atoms with Gasteiger partial charge in [-0.1, -0.05) is 42.5 Å². The Labute approximate surface area is 164 Å². The van der Waals surface area contributed by atoms with Crippen LogP contribution in [0.4, 0.5) is 0 Å². The van der Waals surface area contributed by atoms with Crippen LogP contribution in [0.15, 0.2) is 67.0 Å². The second-order valence-electron chi connectivity index (χ2n) is 6.63. The summed E-state index contributed by atoms with van der Waals surface area (Å²) in [4.78, 5) is 20.8. The Morgan fingerprint density at radius 3 is 2.46 bits per heavy atom.